The summed E-state index contributed by atoms with van der Waals surface area (Å²) in [6.45, 7) is 6.29. The molecule has 2 aromatic rings. The number of anilines is 1. The van der Waals surface area contributed by atoms with Crippen LogP contribution in [0, 0.1) is 12.7 Å². The largest absolute Gasteiger partial charge is 0.398 e. The van der Waals surface area contributed by atoms with Crippen molar-refractivity contribution in [1.29, 1.82) is 0 Å². The number of benzene rings is 2. The van der Waals surface area contributed by atoms with Crippen molar-refractivity contribution < 1.29 is 9.18 Å². The van der Waals surface area contributed by atoms with Gasteiger partial charge in [-0.15, -0.1) is 0 Å². The average Bonchev–Trinajstić information content (AvgIpc) is 2.70. The number of allylic oxidation sites excluding steroid dienone is 1. The van der Waals surface area contributed by atoms with Gasteiger partial charge in [0.1, 0.15) is 5.82 Å². The summed E-state index contributed by atoms with van der Waals surface area (Å²) < 4.78 is 13.2. The van der Waals surface area contributed by atoms with Crippen LogP contribution in [-0.2, 0) is 6.54 Å². The fourth-order valence-corrected chi connectivity index (χ4v) is 4.80. The van der Waals surface area contributed by atoms with E-state index < -0.39 is 0 Å². The first kappa shape index (κ1) is 21.8. The number of hydrogen-bond donors (Lipinski definition) is 1. The van der Waals surface area contributed by atoms with Crippen LogP contribution in [0.1, 0.15) is 21.5 Å². The third-order valence-electron chi connectivity index (χ3n) is 6.14. The maximum absolute atomic E-state index is 13.2. The van der Waals surface area contributed by atoms with Gasteiger partial charge in [-0.25, -0.2) is 4.39 Å². The third kappa shape index (κ3) is 4.92. The highest BCUT2D eigenvalue weighted by Crippen LogP contribution is 2.26. The van der Waals surface area contributed by atoms with Crippen LogP contribution in [0.25, 0.3) is 0 Å². The summed E-state index contributed by atoms with van der Waals surface area (Å²) in [5, 5.41) is 0.563. The number of hydrogen-bond acceptors (Lipinski definition) is 5. The van der Waals surface area contributed by atoms with E-state index in [1.54, 1.807) is 18.2 Å². The van der Waals surface area contributed by atoms with Crippen LogP contribution >= 0.6 is 11.6 Å². The van der Waals surface area contributed by atoms with Crippen molar-refractivity contribution in [2.24, 2.45) is 0 Å². The molecule has 0 saturated carbocycles. The minimum Gasteiger partial charge on any atom is -0.398 e. The molecule has 2 aromatic carbocycles. The molecular formula is C24H28ClFN4O. The molecule has 0 aliphatic carbocycles. The first-order valence-corrected chi connectivity index (χ1v) is 10.9. The number of fused-ring (bicyclic) bond motifs is 2. The molecule has 7 heteroatoms. The Bertz CT molecular complexity index is 978. The molecule has 2 heterocycles. The molecular weight excluding hydrogens is 415 g/mol. The zero-order chi connectivity index (χ0) is 22.1. The second kappa shape index (κ2) is 8.99. The quantitative estimate of drug-likeness (QED) is 0.436. The summed E-state index contributed by atoms with van der Waals surface area (Å²) in [7, 11) is 2.14. The van der Waals surface area contributed by atoms with Crippen molar-refractivity contribution >= 4 is 23.1 Å². The molecule has 2 unspecified atom stereocenters. The Labute approximate surface area is 187 Å². The molecule has 4 rings (SSSR count). The standard InChI is InChI=1S/C24H28ClFN4O/c1-16-9-21(23(27)10-22(16)25)24(31)7-8-30-19-12-28(2)13-20(30)15-29(14-19)11-17-3-5-18(26)6-4-17/h3-10,19-20H,11-15,27H2,1-2H3. The van der Waals surface area contributed by atoms with Gasteiger partial charge in [0, 0.05) is 61.3 Å². The monoisotopic (exact) mass is 442 g/mol. The first-order chi connectivity index (χ1) is 14.8. The highest BCUT2D eigenvalue weighted by atomic mass is 35.5. The topological polar surface area (TPSA) is 52.8 Å². The lowest BCUT2D eigenvalue weighted by molar-refractivity contribution is -0.0107. The zero-order valence-corrected chi connectivity index (χ0v) is 18.6. The maximum Gasteiger partial charge on any atom is 0.189 e. The van der Waals surface area contributed by atoms with Crippen LogP contribution in [-0.4, -0.2) is 65.8 Å². The van der Waals surface area contributed by atoms with Crippen LogP contribution in [0.3, 0.4) is 0 Å². The smallest absolute Gasteiger partial charge is 0.189 e. The van der Waals surface area contributed by atoms with Gasteiger partial charge in [0.05, 0.1) is 12.1 Å². The van der Waals surface area contributed by atoms with Gasteiger partial charge in [0.2, 0.25) is 0 Å². The van der Waals surface area contributed by atoms with Gasteiger partial charge in [-0.1, -0.05) is 23.7 Å². The number of rotatable bonds is 5. The first-order valence-electron chi connectivity index (χ1n) is 10.5. The zero-order valence-electron chi connectivity index (χ0n) is 17.9. The summed E-state index contributed by atoms with van der Waals surface area (Å²) in [6, 6.07) is 10.7. The molecule has 5 nitrogen and oxygen atoms in total. The number of halogens is 2. The highest BCUT2D eigenvalue weighted by Gasteiger charge is 2.37. The van der Waals surface area contributed by atoms with E-state index in [0.717, 1.165) is 43.9 Å². The van der Waals surface area contributed by atoms with Crippen molar-refractivity contribution in [1.82, 2.24) is 14.7 Å². The van der Waals surface area contributed by atoms with Crippen molar-refractivity contribution in [2.45, 2.75) is 25.6 Å². The second-order valence-corrected chi connectivity index (χ2v) is 9.07. The molecule has 2 atom stereocenters. The molecule has 2 bridgehead atoms. The average molecular weight is 443 g/mol. The lowest BCUT2D eigenvalue weighted by Crippen LogP contribution is -2.66. The van der Waals surface area contributed by atoms with E-state index in [4.69, 9.17) is 17.3 Å². The molecule has 2 N–H and O–H groups in total. The fourth-order valence-electron chi connectivity index (χ4n) is 4.63. The number of aryl methyl sites for hydroxylation is 1. The molecule has 2 aliphatic rings. The Kier molecular flexibility index (Phi) is 6.32. The Morgan fingerprint density at radius 1 is 1.16 bits per heavy atom. The van der Waals surface area contributed by atoms with Gasteiger partial charge >= 0.3 is 0 Å². The van der Waals surface area contributed by atoms with Gasteiger partial charge in [0.15, 0.2) is 5.78 Å². The van der Waals surface area contributed by atoms with E-state index in [-0.39, 0.29) is 23.7 Å². The number of nitrogens with zero attached hydrogens (tertiary/aromatic N) is 3. The number of carbonyl (C=O) groups excluding carboxylic acids is 1. The molecule has 0 amide bonds. The molecule has 2 fully saturated rings. The summed E-state index contributed by atoms with van der Waals surface area (Å²) in [5.74, 6) is -0.323. The molecule has 164 valence electrons. The van der Waals surface area contributed by atoms with E-state index in [1.807, 2.05) is 25.3 Å². The van der Waals surface area contributed by atoms with Crippen LogP contribution < -0.4 is 5.73 Å². The van der Waals surface area contributed by atoms with Crippen LogP contribution in [0.4, 0.5) is 10.1 Å². The third-order valence-corrected chi connectivity index (χ3v) is 6.55. The van der Waals surface area contributed by atoms with Gasteiger partial charge < -0.3 is 15.5 Å². The molecule has 0 aromatic heterocycles. The number of piperazine rings is 2. The van der Waals surface area contributed by atoms with Gasteiger partial charge in [-0.3, -0.25) is 9.69 Å². The summed E-state index contributed by atoms with van der Waals surface area (Å²) in [4.78, 5) is 19.9. The van der Waals surface area contributed by atoms with E-state index in [1.165, 1.54) is 12.1 Å². The van der Waals surface area contributed by atoms with Crippen molar-refractivity contribution in [3.63, 3.8) is 0 Å². The van der Waals surface area contributed by atoms with E-state index in [2.05, 4.69) is 21.7 Å². The molecule has 0 spiro atoms. The Morgan fingerprint density at radius 2 is 1.81 bits per heavy atom. The van der Waals surface area contributed by atoms with Crippen molar-refractivity contribution in [2.75, 3.05) is 39.0 Å². The predicted molar refractivity (Wildman–Crippen MR) is 123 cm³/mol. The molecule has 31 heavy (non-hydrogen) atoms. The molecule has 0 radical (unpaired) electrons. The van der Waals surface area contributed by atoms with Gasteiger partial charge in [-0.05, 0) is 49.4 Å². The fraction of sp³-hybridized carbons (Fsp3) is 0.375. The number of nitrogens with two attached hydrogens (primary N) is 1. The lowest BCUT2D eigenvalue weighted by Gasteiger charge is -2.52. The summed E-state index contributed by atoms with van der Waals surface area (Å²) in [5.41, 5.74) is 8.85. The van der Waals surface area contributed by atoms with Crippen LogP contribution in [0.2, 0.25) is 5.02 Å². The predicted octanol–water partition coefficient (Wildman–Crippen LogP) is 3.57. The number of carbonyl (C=O) groups is 1. The van der Waals surface area contributed by atoms with Gasteiger partial charge in [-0.2, -0.15) is 0 Å². The minimum atomic E-state index is -0.210. The maximum atomic E-state index is 13.2. The lowest BCUT2D eigenvalue weighted by atomic mass is 10.00. The van der Waals surface area contributed by atoms with Gasteiger partial charge in [0.25, 0.3) is 0 Å². The molecule has 2 saturated heterocycles. The SMILES string of the molecule is Cc1cc(C(=O)C=CN2C3CN(C)CC2CN(Cc2ccc(F)cc2)C3)c(N)cc1Cl. The Balaban J connectivity index is 1.47. The van der Waals surface area contributed by atoms with Crippen LogP contribution in [0.15, 0.2) is 48.7 Å². The molecule has 2 aliphatic heterocycles. The normalized spacial score (nSPS) is 22.3. The minimum absolute atomic E-state index is 0.113. The van der Waals surface area contributed by atoms with Crippen molar-refractivity contribution in [3.8, 4) is 0 Å². The second-order valence-electron chi connectivity index (χ2n) is 8.67. The Morgan fingerprint density at radius 3 is 2.45 bits per heavy atom. The number of nitrogen functional groups attached to an aromatic ring is 1. The van der Waals surface area contributed by atoms with Crippen LogP contribution in [0.5, 0.6) is 0 Å². The highest BCUT2D eigenvalue weighted by molar-refractivity contribution is 6.32. The van der Waals surface area contributed by atoms with E-state index in [0.29, 0.717) is 16.3 Å². The summed E-state index contributed by atoms with van der Waals surface area (Å²) in [6.07, 6.45) is 3.56. The van der Waals surface area contributed by atoms with Crippen molar-refractivity contribution in [3.05, 3.63) is 76.2 Å². The van der Waals surface area contributed by atoms with E-state index in [9.17, 15) is 9.18 Å². The number of likely N-dealkylation sites (N-methyl/N-ethyl adjacent to an activating group) is 1. The summed E-state index contributed by atoms with van der Waals surface area (Å²) >= 11 is 6.10. The van der Waals surface area contributed by atoms with E-state index >= 15 is 0 Å². The Hall–Kier alpha value is -2.41. The number of ketones is 1.